The van der Waals surface area contributed by atoms with Crippen LogP contribution in [0.15, 0.2) is 22.7 Å². The first kappa shape index (κ1) is 13.0. The fraction of sp³-hybridized carbons (Fsp3) is 0.385. The van der Waals surface area contributed by atoms with Gasteiger partial charge in [0.05, 0.1) is 11.3 Å². The van der Waals surface area contributed by atoms with Gasteiger partial charge in [0.15, 0.2) is 5.82 Å². The highest BCUT2D eigenvalue weighted by atomic mass is 32.2. The molecule has 0 saturated carbocycles. The quantitative estimate of drug-likeness (QED) is 0.858. The molecule has 0 saturated heterocycles. The molecule has 0 aliphatic rings. The lowest BCUT2D eigenvalue weighted by molar-refractivity contribution is 0.425. The molecular weight excluding hydrogens is 246 g/mol. The summed E-state index contributed by atoms with van der Waals surface area (Å²) in [5, 5.41) is 4.52. The lowest BCUT2D eigenvalue weighted by Crippen LogP contribution is -1.92. The Morgan fingerprint density at radius 3 is 2.89 bits per heavy atom. The molecule has 5 heteroatoms. The number of aromatic nitrogens is 2. The van der Waals surface area contributed by atoms with Gasteiger partial charge in [-0.15, -0.1) is 0 Å². The van der Waals surface area contributed by atoms with Crippen molar-refractivity contribution in [3.63, 3.8) is 0 Å². The Bertz CT molecular complexity index is 537. The number of anilines is 1. The van der Waals surface area contributed by atoms with Crippen molar-refractivity contribution in [3.8, 4) is 11.5 Å². The summed E-state index contributed by atoms with van der Waals surface area (Å²) in [4.78, 5) is 4.38. The highest BCUT2D eigenvalue weighted by molar-refractivity contribution is 7.99. The van der Waals surface area contributed by atoms with Gasteiger partial charge in [-0.2, -0.15) is 16.7 Å². The second kappa shape index (κ2) is 5.44. The molecular formula is C13H17N3OS. The second-order valence-electron chi connectivity index (χ2n) is 4.47. The van der Waals surface area contributed by atoms with Crippen molar-refractivity contribution in [2.24, 2.45) is 0 Å². The van der Waals surface area contributed by atoms with E-state index in [0.717, 1.165) is 16.9 Å². The van der Waals surface area contributed by atoms with E-state index in [1.165, 1.54) is 0 Å². The summed E-state index contributed by atoms with van der Waals surface area (Å²) < 4.78 is 5.26. The van der Waals surface area contributed by atoms with Crippen LogP contribution in [0, 0.1) is 6.92 Å². The number of nitrogen functional groups attached to an aromatic ring is 1. The molecule has 0 unspecified atom stereocenters. The maximum absolute atomic E-state index is 5.92. The topological polar surface area (TPSA) is 64.9 Å². The molecule has 0 aliphatic heterocycles. The molecule has 0 radical (unpaired) electrons. The summed E-state index contributed by atoms with van der Waals surface area (Å²) in [6.07, 6.45) is 0. The molecule has 0 bridgehead atoms. The van der Waals surface area contributed by atoms with Crippen molar-refractivity contribution < 1.29 is 4.52 Å². The predicted octanol–water partition coefficient (Wildman–Crippen LogP) is 3.27. The summed E-state index contributed by atoms with van der Waals surface area (Å²) in [6.45, 7) is 6.29. The molecule has 1 aromatic carbocycles. The summed E-state index contributed by atoms with van der Waals surface area (Å²) in [7, 11) is 0. The Morgan fingerprint density at radius 2 is 2.17 bits per heavy atom. The van der Waals surface area contributed by atoms with Crippen LogP contribution in [0.25, 0.3) is 11.5 Å². The molecule has 18 heavy (non-hydrogen) atoms. The maximum Gasteiger partial charge on any atom is 0.260 e. The van der Waals surface area contributed by atoms with E-state index in [0.29, 0.717) is 22.7 Å². The third-order valence-electron chi connectivity index (χ3n) is 2.45. The minimum absolute atomic E-state index is 0.496. The zero-order valence-corrected chi connectivity index (χ0v) is 11.6. The van der Waals surface area contributed by atoms with E-state index in [4.69, 9.17) is 10.3 Å². The molecule has 96 valence electrons. The van der Waals surface area contributed by atoms with Crippen LogP contribution in [-0.4, -0.2) is 15.4 Å². The predicted molar refractivity (Wildman–Crippen MR) is 75.3 cm³/mol. The highest BCUT2D eigenvalue weighted by Gasteiger charge is 2.12. The van der Waals surface area contributed by atoms with Crippen LogP contribution in [0.5, 0.6) is 0 Å². The molecule has 0 atom stereocenters. The van der Waals surface area contributed by atoms with Gasteiger partial charge in [0.1, 0.15) is 0 Å². The minimum Gasteiger partial charge on any atom is -0.398 e. The van der Waals surface area contributed by atoms with Gasteiger partial charge in [-0.1, -0.05) is 30.6 Å². The number of benzene rings is 1. The van der Waals surface area contributed by atoms with Crippen molar-refractivity contribution >= 4 is 17.4 Å². The Morgan fingerprint density at radius 1 is 1.39 bits per heavy atom. The average molecular weight is 263 g/mol. The zero-order valence-electron chi connectivity index (χ0n) is 10.8. The van der Waals surface area contributed by atoms with Crippen LogP contribution in [0.4, 0.5) is 5.69 Å². The van der Waals surface area contributed by atoms with Gasteiger partial charge in [-0.3, -0.25) is 0 Å². The first-order chi connectivity index (χ1) is 8.56. The molecule has 1 aromatic heterocycles. The highest BCUT2D eigenvalue weighted by Crippen LogP contribution is 2.26. The third-order valence-corrected chi connectivity index (χ3v) is 3.54. The summed E-state index contributed by atoms with van der Waals surface area (Å²) in [6, 6.07) is 5.78. The standard InChI is InChI=1S/C13H17N3OS/c1-8(2)18-7-12-15-13(17-16-12)10-6-9(3)4-5-11(10)14/h4-6,8H,7,14H2,1-3H3. The van der Waals surface area contributed by atoms with Crippen molar-refractivity contribution in [1.29, 1.82) is 0 Å². The number of hydrogen-bond donors (Lipinski definition) is 1. The fourth-order valence-electron chi connectivity index (χ4n) is 1.52. The number of aryl methyl sites for hydroxylation is 1. The molecule has 2 rings (SSSR count). The summed E-state index contributed by atoms with van der Waals surface area (Å²) in [5.41, 5.74) is 8.51. The zero-order chi connectivity index (χ0) is 13.1. The Kier molecular flexibility index (Phi) is 3.91. The smallest absolute Gasteiger partial charge is 0.260 e. The molecule has 0 amide bonds. The fourth-order valence-corrected chi connectivity index (χ4v) is 2.12. The van der Waals surface area contributed by atoms with E-state index in [-0.39, 0.29) is 0 Å². The van der Waals surface area contributed by atoms with Crippen LogP contribution in [0.1, 0.15) is 25.2 Å². The van der Waals surface area contributed by atoms with Gasteiger partial charge < -0.3 is 10.3 Å². The molecule has 0 fully saturated rings. The van der Waals surface area contributed by atoms with E-state index in [9.17, 15) is 0 Å². The van der Waals surface area contributed by atoms with E-state index in [2.05, 4.69) is 24.0 Å². The molecule has 0 spiro atoms. The molecule has 1 heterocycles. The van der Waals surface area contributed by atoms with E-state index < -0.39 is 0 Å². The van der Waals surface area contributed by atoms with Gasteiger partial charge in [0.25, 0.3) is 5.89 Å². The lowest BCUT2D eigenvalue weighted by atomic mass is 10.1. The second-order valence-corrected chi connectivity index (χ2v) is 6.03. The monoisotopic (exact) mass is 263 g/mol. The summed E-state index contributed by atoms with van der Waals surface area (Å²) in [5.74, 6) is 1.97. The van der Waals surface area contributed by atoms with Crippen LogP contribution >= 0.6 is 11.8 Å². The van der Waals surface area contributed by atoms with Gasteiger partial charge in [0.2, 0.25) is 0 Å². The Labute approximate surface area is 111 Å². The molecule has 4 nitrogen and oxygen atoms in total. The van der Waals surface area contributed by atoms with Crippen LogP contribution in [0.3, 0.4) is 0 Å². The van der Waals surface area contributed by atoms with Gasteiger partial charge >= 0.3 is 0 Å². The van der Waals surface area contributed by atoms with Gasteiger partial charge in [-0.25, -0.2) is 0 Å². The third kappa shape index (κ3) is 3.04. The maximum atomic E-state index is 5.92. The number of nitrogens with zero attached hydrogens (tertiary/aromatic N) is 2. The van der Waals surface area contributed by atoms with Crippen molar-refractivity contribution in [2.45, 2.75) is 31.8 Å². The number of rotatable bonds is 4. The SMILES string of the molecule is Cc1ccc(N)c(-c2nc(CSC(C)C)no2)c1. The Balaban J connectivity index is 2.21. The first-order valence-electron chi connectivity index (χ1n) is 5.87. The van der Waals surface area contributed by atoms with Gasteiger partial charge in [-0.05, 0) is 24.3 Å². The Hall–Kier alpha value is -1.49. The van der Waals surface area contributed by atoms with Crippen molar-refractivity contribution in [2.75, 3.05) is 5.73 Å². The van der Waals surface area contributed by atoms with Crippen LogP contribution in [-0.2, 0) is 5.75 Å². The minimum atomic E-state index is 0.496. The largest absolute Gasteiger partial charge is 0.398 e. The van der Waals surface area contributed by atoms with Crippen molar-refractivity contribution in [3.05, 3.63) is 29.6 Å². The molecule has 2 aromatic rings. The number of thioether (sulfide) groups is 1. The van der Waals surface area contributed by atoms with Crippen molar-refractivity contribution in [1.82, 2.24) is 10.1 Å². The summed E-state index contributed by atoms with van der Waals surface area (Å²) >= 11 is 1.78. The van der Waals surface area contributed by atoms with E-state index in [1.54, 1.807) is 11.8 Å². The first-order valence-corrected chi connectivity index (χ1v) is 6.92. The molecule has 2 N–H and O–H groups in total. The van der Waals surface area contributed by atoms with Crippen LogP contribution < -0.4 is 5.73 Å². The number of nitrogens with two attached hydrogens (primary N) is 1. The average Bonchev–Trinajstić information content (AvgIpc) is 2.78. The normalized spacial score (nSPS) is 11.1. The van der Waals surface area contributed by atoms with E-state index >= 15 is 0 Å². The lowest BCUT2D eigenvalue weighted by Gasteiger charge is -2.01. The van der Waals surface area contributed by atoms with Gasteiger partial charge in [0, 0.05) is 5.69 Å². The van der Waals surface area contributed by atoms with E-state index in [1.807, 2.05) is 25.1 Å². The molecule has 0 aliphatic carbocycles. The number of hydrogen-bond acceptors (Lipinski definition) is 5. The van der Waals surface area contributed by atoms with Crippen LogP contribution in [0.2, 0.25) is 0 Å².